The van der Waals surface area contributed by atoms with Crippen molar-refractivity contribution in [2.24, 2.45) is 5.92 Å². The molecule has 0 unspecified atom stereocenters. The third-order valence-electron chi connectivity index (χ3n) is 5.22. The molecule has 164 valence electrons. The van der Waals surface area contributed by atoms with Crippen LogP contribution in [0, 0.1) is 24.2 Å². The maximum atomic E-state index is 11.3. The van der Waals surface area contributed by atoms with Crippen LogP contribution < -0.4 is 4.74 Å². The number of nitriles is 1. The molecule has 2 aliphatic rings. The molecule has 9 heteroatoms. The van der Waals surface area contributed by atoms with Gasteiger partial charge < -0.3 is 24.1 Å². The van der Waals surface area contributed by atoms with E-state index in [1.54, 1.807) is 25.1 Å². The fourth-order valence-corrected chi connectivity index (χ4v) is 4.63. The van der Waals surface area contributed by atoms with Crippen LogP contribution >= 0.6 is 11.3 Å². The highest BCUT2D eigenvalue weighted by molar-refractivity contribution is 7.17. The molecule has 2 aliphatic heterocycles. The number of aromatic carboxylic acids is 1. The second-order valence-electron chi connectivity index (χ2n) is 8.08. The predicted octanol–water partition coefficient (Wildman–Crippen LogP) is 3.27. The van der Waals surface area contributed by atoms with E-state index in [-0.39, 0.29) is 29.3 Å². The molecule has 31 heavy (non-hydrogen) atoms. The monoisotopic (exact) mass is 444 g/mol. The van der Waals surface area contributed by atoms with E-state index in [1.165, 1.54) is 0 Å². The number of ether oxygens (including phenoxy) is 4. The van der Waals surface area contributed by atoms with Crippen molar-refractivity contribution < 1.29 is 28.8 Å². The van der Waals surface area contributed by atoms with Gasteiger partial charge in [-0.2, -0.15) is 5.26 Å². The van der Waals surface area contributed by atoms with Crippen LogP contribution in [-0.4, -0.2) is 60.3 Å². The van der Waals surface area contributed by atoms with Gasteiger partial charge in [-0.25, -0.2) is 9.78 Å². The van der Waals surface area contributed by atoms with Gasteiger partial charge in [-0.15, -0.1) is 11.3 Å². The first-order valence-electron chi connectivity index (χ1n) is 10.1. The molecular weight excluding hydrogens is 420 g/mol. The lowest BCUT2D eigenvalue weighted by Crippen LogP contribution is -2.36. The number of hydrogen-bond donors (Lipinski definition) is 1. The molecular formula is C22H24N2O6S. The molecule has 0 saturated carbocycles. The van der Waals surface area contributed by atoms with Crippen molar-refractivity contribution in [2.75, 3.05) is 19.8 Å². The van der Waals surface area contributed by atoms with Gasteiger partial charge >= 0.3 is 5.97 Å². The molecule has 4 atom stereocenters. The summed E-state index contributed by atoms with van der Waals surface area (Å²) in [5.74, 6) is -0.149. The number of aromatic nitrogens is 1. The Morgan fingerprint density at radius 2 is 2.03 bits per heavy atom. The molecule has 2 saturated heterocycles. The highest BCUT2D eigenvalue weighted by Gasteiger charge is 2.49. The Morgan fingerprint density at radius 3 is 2.68 bits per heavy atom. The average Bonchev–Trinajstić information content (AvgIpc) is 3.43. The van der Waals surface area contributed by atoms with Gasteiger partial charge in [-0.3, -0.25) is 0 Å². The fourth-order valence-electron chi connectivity index (χ4n) is 3.72. The van der Waals surface area contributed by atoms with E-state index in [2.05, 4.69) is 24.9 Å². The molecule has 8 nitrogen and oxygen atoms in total. The van der Waals surface area contributed by atoms with Crippen LogP contribution in [0.25, 0.3) is 10.6 Å². The van der Waals surface area contributed by atoms with Gasteiger partial charge in [-0.1, -0.05) is 13.8 Å². The lowest BCUT2D eigenvalue weighted by Gasteiger charge is -2.19. The second-order valence-corrected chi connectivity index (χ2v) is 9.08. The molecule has 2 aromatic rings. The van der Waals surface area contributed by atoms with E-state index in [0.29, 0.717) is 53.3 Å². The number of nitrogens with zero attached hydrogens (tertiary/aromatic N) is 2. The minimum atomic E-state index is -1.01. The minimum Gasteiger partial charge on any atom is -0.484 e. The number of benzene rings is 1. The third-order valence-corrected chi connectivity index (χ3v) is 6.42. The Hall–Kier alpha value is -2.51. The van der Waals surface area contributed by atoms with Gasteiger partial charge in [0.15, 0.2) is 6.10 Å². The lowest BCUT2D eigenvalue weighted by atomic mass is 10.1. The van der Waals surface area contributed by atoms with Crippen LogP contribution in [0.15, 0.2) is 18.2 Å². The van der Waals surface area contributed by atoms with Crippen LogP contribution in [0.5, 0.6) is 5.75 Å². The highest BCUT2D eigenvalue weighted by atomic mass is 32.1. The summed E-state index contributed by atoms with van der Waals surface area (Å²) in [4.78, 5) is 15.8. The molecule has 1 aromatic heterocycles. The number of hydrogen-bond acceptors (Lipinski definition) is 8. The number of carboxylic acids is 1. The number of rotatable bonds is 7. The summed E-state index contributed by atoms with van der Waals surface area (Å²) >= 11 is 1.08. The van der Waals surface area contributed by atoms with E-state index < -0.39 is 5.97 Å². The smallest absolute Gasteiger partial charge is 0.347 e. The van der Waals surface area contributed by atoms with Gasteiger partial charge in [0.2, 0.25) is 0 Å². The summed E-state index contributed by atoms with van der Waals surface area (Å²) in [7, 11) is 0. The van der Waals surface area contributed by atoms with Crippen LogP contribution in [0.1, 0.15) is 34.8 Å². The van der Waals surface area contributed by atoms with E-state index in [4.69, 9.17) is 18.9 Å². The number of thiazole rings is 1. The standard InChI is InChI=1S/C22H24N2O6S/c1-11(2)8-27-16-9-28-19-17(10-29-18(16)19)30-15-5-4-13(6-14(15)7-23)21-24-12(3)20(31-21)22(25)26/h4-6,11,16-19H,8-10H2,1-3H3,(H,25,26)/t16-,17-,18+,19+/m0/s1. The van der Waals surface area contributed by atoms with Crippen molar-refractivity contribution in [3.05, 3.63) is 34.3 Å². The largest absolute Gasteiger partial charge is 0.484 e. The molecule has 0 aliphatic carbocycles. The van der Waals surface area contributed by atoms with E-state index in [1.807, 2.05) is 0 Å². The topological polar surface area (TPSA) is 111 Å². The number of carbonyl (C=O) groups is 1. The number of aryl methyl sites for hydroxylation is 1. The highest BCUT2D eigenvalue weighted by Crippen LogP contribution is 2.35. The molecule has 2 fully saturated rings. The summed E-state index contributed by atoms with van der Waals surface area (Å²) in [6.07, 6.45) is -0.879. The first-order chi connectivity index (χ1) is 14.9. The Balaban J connectivity index is 1.48. The average molecular weight is 445 g/mol. The quantitative estimate of drug-likeness (QED) is 0.693. The molecule has 0 radical (unpaired) electrons. The number of fused-ring (bicyclic) bond motifs is 1. The van der Waals surface area contributed by atoms with Crippen molar-refractivity contribution in [3.8, 4) is 22.4 Å². The zero-order valence-corrected chi connectivity index (χ0v) is 18.3. The molecule has 0 bridgehead atoms. The fraction of sp³-hybridized carbons (Fsp3) is 0.500. The Kier molecular flexibility index (Phi) is 6.25. The summed E-state index contributed by atoms with van der Waals surface area (Å²) < 4.78 is 23.8. The molecule has 0 spiro atoms. The SMILES string of the molecule is Cc1nc(-c2ccc(O[C@H]3CO[C@H]4[C@@H]3OC[C@@H]4OCC(C)C)c(C#N)c2)sc1C(=O)O. The van der Waals surface area contributed by atoms with Gasteiger partial charge in [0.05, 0.1) is 24.5 Å². The maximum Gasteiger partial charge on any atom is 0.347 e. The lowest BCUT2D eigenvalue weighted by molar-refractivity contribution is -0.0430. The first-order valence-corrected chi connectivity index (χ1v) is 11.0. The van der Waals surface area contributed by atoms with Crippen molar-refractivity contribution in [2.45, 2.75) is 45.2 Å². The van der Waals surface area contributed by atoms with E-state index in [9.17, 15) is 15.2 Å². The van der Waals surface area contributed by atoms with Gasteiger partial charge in [0, 0.05) is 12.2 Å². The van der Waals surface area contributed by atoms with Crippen LogP contribution in [0.3, 0.4) is 0 Å². The van der Waals surface area contributed by atoms with Crippen molar-refractivity contribution in [1.82, 2.24) is 4.98 Å². The predicted molar refractivity (Wildman–Crippen MR) is 112 cm³/mol. The zero-order valence-electron chi connectivity index (χ0n) is 17.5. The minimum absolute atomic E-state index is 0.115. The van der Waals surface area contributed by atoms with E-state index >= 15 is 0 Å². The van der Waals surface area contributed by atoms with Gasteiger partial charge in [0.1, 0.15) is 40.0 Å². The van der Waals surface area contributed by atoms with Crippen molar-refractivity contribution in [1.29, 1.82) is 5.26 Å². The normalized spacial score (nSPS) is 24.9. The van der Waals surface area contributed by atoms with Crippen LogP contribution in [0.2, 0.25) is 0 Å². The van der Waals surface area contributed by atoms with Gasteiger partial charge in [0.25, 0.3) is 0 Å². The Bertz CT molecular complexity index is 1010. The summed E-state index contributed by atoms with van der Waals surface area (Å²) in [6, 6.07) is 7.30. The zero-order chi connectivity index (χ0) is 22.1. The van der Waals surface area contributed by atoms with Crippen LogP contribution in [0.4, 0.5) is 0 Å². The summed E-state index contributed by atoms with van der Waals surface area (Å²) in [5, 5.41) is 19.4. The number of carboxylic acid groups (broad SMARTS) is 1. The Morgan fingerprint density at radius 1 is 1.32 bits per heavy atom. The Labute approximate surface area is 184 Å². The van der Waals surface area contributed by atoms with Crippen LogP contribution in [-0.2, 0) is 14.2 Å². The van der Waals surface area contributed by atoms with Gasteiger partial charge in [-0.05, 0) is 31.0 Å². The molecule has 3 heterocycles. The van der Waals surface area contributed by atoms with E-state index in [0.717, 1.165) is 11.3 Å². The van der Waals surface area contributed by atoms with Crippen molar-refractivity contribution >= 4 is 17.3 Å². The second kappa shape index (κ2) is 8.93. The third kappa shape index (κ3) is 4.43. The van der Waals surface area contributed by atoms with Crippen molar-refractivity contribution in [3.63, 3.8) is 0 Å². The molecule has 1 N–H and O–H groups in total. The molecule has 1 aromatic carbocycles. The molecule has 4 rings (SSSR count). The summed E-state index contributed by atoms with van der Waals surface area (Å²) in [6.45, 7) is 7.31. The molecule has 0 amide bonds. The maximum absolute atomic E-state index is 11.3. The summed E-state index contributed by atoms with van der Waals surface area (Å²) in [5.41, 5.74) is 1.47. The first kappa shape index (κ1) is 21.7.